The Morgan fingerprint density at radius 1 is 1.24 bits per heavy atom. The molecular formula is C20H19ClN2O2. The first-order valence-electron chi connectivity index (χ1n) is 8.22. The van der Waals surface area contributed by atoms with Gasteiger partial charge in [-0.05, 0) is 30.2 Å². The lowest BCUT2D eigenvalue weighted by atomic mass is 9.96. The third-order valence-electron chi connectivity index (χ3n) is 4.07. The van der Waals surface area contributed by atoms with Crippen LogP contribution in [0.15, 0.2) is 54.7 Å². The Morgan fingerprint density at radius 2 is 2.00 bits per heavy atom. The van der Waals surface area contributed by atoms with Gasteiger partial charge in [0.25, 0.3) is 0 Å². The lowest BCUT2D eigenvalue weighted by Gasteiger charge is -2.22. The Bertz CT molecular complexity index is 897. The number of amides is 1. The number of carbonyl (C=O) groups is 1. The molecule has 1 aromatic heterocycles. The van der Waals surface area contributed by atoms with E-state index in [0.717, 1.165) is 12.0 Å². The highest BCUT2D eigenvalue weighted by atomic mass is 35.5. The molecule has 1 atom stereocenters. The number of pyridine rings is 1. The minimum absolute atomic E-state index is 0.0330. The first-order chi connectivity index (χ1) is 12.1. The smallest absolute Gasteiger partial charge is 0.220 e. The predicted molar refractivity (Wildman–Crippen MR) is 99.8 cm³/mol. The number of phenols is 1. The molecule has 3 aromatic rings. The monoisotopic (exact) mass is 354 g/mol. The quantitative estimate of drug-likeness (QED) is 0.703. The van der Waals surface area contributed by atoms with E-state index >= 15 is 0 Å². The highest BCUT2D eigenvalue weighted by Gasteiger charge is 2.22. The van der Waals surface area contributed by atoms with Crippen molar-refractivity contribution in [3.8, 4) is 5.75 Å². The fourth-order valence-corrected chi connectivity index (χ4v) is 3.14. The predicted octanol–water partition coefficient (Wildman–Crippen LogP) is 4.60. The van der Waals surface area contributed by atoms with Gasteiger partial charge in [0.05, 0.1) is 11.1 Å². The number of phenolic OH excluding ortho intramolecular Hbond substituents is 1. The number of hydrogen-bond acceptors (Lipinski definition) is 3. The largest absolute Gasteiger partial charge is 0.505 e. The van der Waals surface area contributed by atoms with Crippen LogP contribution in [-0.4, -0.2) is 16.0 Å². The fourth-order valence-electron chi connectivity index (χ4n) is 2.87. The molecule has 0 saturated carbocycles. The summed E-state index contributed by atoms with van der Waals surface area (Å²) in [7, 11) is 0. The van der Waals surface area contributed by atoms with Crippen LogP contribution in [0.25, 0.3) is 10.9 Å². The zero-order valence-electron chi connectivity index (χ0n) is 13.9. The summed E-state index contributed by atoms with van der Waals surface area (Å²) in [6.07, 6.45) is 2.78. The number of benzene rings is 2. The summed E-state index contributed by atoms with van der Waals surface area (Å²) in [4.78, 5) is 16.5. The van der Waals surface area contributed by atoms with Gasteiger partial charge < -0.3 is 10.4 Å². The molecule has 0 spiro atoms. The van der Waals surface area contributed by atoms with Crippen LogP contribution in [-0.2, 0) is 4.79 Å². The van der Waals surface area contributed by atoms with E-state index in [0.29, 0.717) is 27.9 Å². The highest BCUT2D eigenvalue weighted by molar-refractivity contribution is 6.35. The molecule has 1 unspecified atom stereocenters. The number of fused-ring (bicyclic) bond motifs is 1. The van der Waals surface area contributed by atoms with Gasteiger partial charge in [0.15, 0.2) is 0 Å². The van der Waals surface area contributed by atoms with Crippen LogP contribution in [0, 0.1) is 0 Å². The molecule has 0 aliphatic carbocycles. The molecule has 0 bridgehead atoms. The second-order valence-corrected chi connectivity index (χ2v) is 6.26. The molecule has 0 aliphatic rings. The van der Waals surface area contributed by atoms with Crippen LogP contribution in [0.3, 0.4) is 0 Å². The Morgan fingerprint density at radius 3 is 2.72 bits per heavy atom. The topological polar surface area (TPSA) is 62.2 Å². The van der Waals surface area contributed by atoms with Crippen molar-refractivity contribution in [2.24, 2.45) is 0 Å². The highest BCUT2D eigenvalue weighted by Crippen LogP contribution is 2.38. The van der Waals surface area contributed by atoms with Crippen molar-refractivity contribution >= 4 is 28.4 Å². The van der Waals surface area contributed by atoms with Crippen molar-refractivity contribution in [1.29, 1.82) is 0 Å². The molecule has 1 amide bonds. The van der Waals surface area contributed by atoms with Crippen molar-refractivity contribution in [2.75, 3.05) is 0 Å². The molecule has 0 saturated heterocycles. The molecule has 3 rings (SSSR count). The summed E-state index contributed by atoms with van der Waals surface area (Å²) in [5.41, 5.74) is 1.83. The first-order valence-corrected chi connectivity index (χ1v) is 8.60. The zero-order valence-corrected chi connectivity index (χ0v) is 14.6. The van der Waals surface area contributed by atoms with E-state index in [1.165, 1.54) is 0 Å². The third kappa shape index (κ3) is 3.59. The van der Waals surface area contributed by atoms with Crippen LogP contribution in [0.1, 0.15) is 36.9 Å². The number of hydrogen-bond donors (Lipinski definition) is 2. The standard InChI is InChI=1S/C20H19ClN2O2/c1-2-7-17(24)23-18(13-8-4-3-5-9-13)15-12-16(21)14-10-6-11-22-19(14)20(15)25/h3-6,8-12,18,25H,2,7H2,1H3,(H,23,24). The van der Waals surface area contributed by atoms with Gasteiger partial charge in [-0.1, -0.05) is 48.9 Å². The number of nitrogens with one attached hydrogen (secondary N) is 1. The van der Waals surface area contributed by atoms with Gasteiger partial charge in [0.1, 0.15) is 11.3 Å². The number of carbonyl (C=O) groups excluding carboxylic acids is 1. The van der Waals surface area contributed by atoms with Gasteiger partial charge in [-0.15, -0.1) is 0 Å². The summed E-state index contributed by atoms with van der Waals surface area (Å²) < 4.78 is 0. The van der Waals surface area contributed by atoms with Crippen molar-refractivity contribution in [3.05, 3.63) is 70.9 Å². The molecule has 0 radical (unpaired) electrons. The SMILES string of the molecule is CCCC(=O)NC(c1ccccc1)c1cc(Cl)c2cccnc2c1O. The molecular weight excluding hydrogens is 336 g/mol. The molecule has 0 aliphatic heterocycles. The second kappa shape index (κ2) is 7.53. The summed E-state index contributed by atoms with van der Waals surface area (Å²) in [6.45, 7) is 1.95. The van der Waals surface area contributed by atoms with Gasteiger partial charge in [0.2, 0.25) is 5.91 Å². The van der Waals surface area contributed by atoms with Gasteiger partial charge in [-0.3, -0.25) is 9.78 Å². The van der Waals surface area contributed by atoms with E-state index in [9.17, 15) is 9.90 Å². The minimum atomic E-state index is -0.496. The number of aromatic hydroxyl groups is 1. The molecule has 1 heterocycles. The lowest BCUT2D eigenvalue weighted by Crippen LogP contribution is -2.29. The van der Waals surface area contributed by atoms with Crippen molar-refractivity contribution in [2.45, 2.75) is 25.8 Å². The van der Waals surface area contributed by atoms with Crippen molar-refractivity contribution in [1.82, 2.24) is 10.3 Å². The van der Waals surface area contributed by atoms with Crippen LogP contribution >= 0.6 is 11.6 Å². The second-order valence-electron chi connectivity index (χ2n) is 5.86. The molecule has 0 fully saturated rings. The van der Waals surface area contributed by atoms with Crippen LogP contribution < -0.4 is 5.32 Å². The fraction of sp³-hybridized carbons (Fsp3) is 0.200. The molecule has 128 valence electrons. The van der Waals surface area contributed by atoms with Crippen LogP contribution in [0.5, 0.6) is 5.75 Å². The lowest BCUT2D eigenvalue weighted by molar-refractivity contribution is -0.121. The van der Waals surface area contributed by atoms with E-state index in [1.54, 1.807) is 24.4 Å². The Kier molecular flexibility index (Phi) is 5.19. The van der Waals surface area contributed by atoms with Gasteiger partial charge >= 0.3 is 0 Å². The van der Waals surface area contributed by atoms with E-state index in [2.05, 4.69) is 10.3 Å². The zero-order chi connectivity index (χ0) is 17.8. The van der Waals surface area contributed by atoms with Gasteiger partial charge in [-0.25, -0.2) is 0 Å². The Labute approximate surface area is 151 Å². The average molecular weight is 355 g/mol. The maximum atomic E-state index is 12.2. The minimum Gasteiger partial charge on any atom is -0.505 e. The van der Waals surface area contributed by atoms with Gasteiger partial charge in [0, 0.05) is 23.6 Å². The normalized spacial score (nSPS) is 12.1. The maximum Gasteiger partial charge on any atom is 0.220 e. The number of rotatable bonds is 5. The molecule has 25 heavy (non-hydrogen) atoms. The van der Waals surface area contributed by atoms with Crippen LogP contribution in [0.4, 0.5) is 0 Å². The number of nitrogens with zero attached hydrogens (tertiary/aromatic N) is 1. The van der Waals surface area contributed by atoms with Crippen molar-refractivity contribution in [3.63, 3.8) is 0 Å². The third-order valence-corrected chi connectivity index (χ3v) is 4.38. The molecule has 2 aromatic carbocycles. The van der Waals surface area contributed by atoms with Crippen molar-refractivity contribution < 1.29 is 9.90 Å². The van der Waals surface area contributed by atoms with Crippen LogP contribution in [0.2, 0.25) is 5.02 Å². The number of halogens is 1. The maximum absolute atomic E-state index is 12.2. The first kappa shape index (κ1) is 17.2. The van der Waals surface area contributed by atoms with E-state index in [-0.39, 0.29) is 11.7 Å². The Hall–Kier alpha value is -2.59. The molecule has 5 heteroatoms. The summed E-state index contributed by atoms with van der Waals surface area (Å²) in [5, 5.41) is 14.9. The average Bonchev–Trinajstić information content (AvgIpc) is 2.64. The number of aromatic nitrogens is 1. The van der Waals surface area contributed by atoms with E-state index in [1.807, 2.05) is 37.3 Å². The summed E-state index contributed by atoms with van der Waals surface area (Å²) in [6, 6.07) is 14.3. The van der Waals surface area contributed by atoms with E-state index < -0.39 is 6.04 Å². The van der Waals surface area contributed by atoms with Gasteiger partial charge in [-0.2, -0.15) is 0 Å². The molecule has 2 N–H and O–H groups in total. The van der Waals surface area contributed by atoms with E-state index in [4.69, 9.17) is 11.6 Å². The summed E-state index contributed by atoms with van der Waals surface area (Å²) in [5.74, 6) is -0.0429. The summed E-state index contributed by atoms with van der Waals surface area (Å²) >= 11 is 6.40. The molecule has 4 nitrogen and oxygen atoms in total. The Balaban J connectivity index is 2.14.